The second kappa shape index (κ2) is 10.4. The highest BCUT2D eigenvalue weighted by Crippen LogP contribution is 2.64. The zero-order chi connectivity index (χ0) is 27.9. The number of alkyl halides is 6. The largest absolute Gasteiger partial charge is 0.522 e. The van der Waals surface area contributed by atoms with Gasteiger partial charge in [0.25, 0.3) is 5.91 Å². The predicted molar refractivity (Wildman–Crippen MR) is 112 cm³/mol. The molecule has 3 unspecified atom stereocenters. The Labute approximate surface area is 208 Å². The van der Waals surface area contributed by atoms with Gasteiger partial charge < -0.3 is 21.1 Å². The van der Waals surface area contributed by atoms with Crippen LogP contribution in [0.2, 0.25) is 0 Å². The third kappa shape index (κ3) is 6.72. The summed E-state index contributed by atoms with van der Waals surface area (Å²) in [5.41, 5.74) is 4.50. The van der Waals surface area contributed by atoms with Crippen LogP contribution in [0.4, 0.5) is 26.3 Å². The van der Waals surface area contributed by atoms with Crippen LogP contribution >= 0.6 is 0 Å². The molecule has 1 spiro atoms. The van der Waals surface area contributed by atoms with Crippen LogP contribution in [-0.2, 0) is 23.9 Å². The Hall–Kier alpha value is -2.42. The van der Waals surface area contributed by atoms with Crippen LogP contribution in [0.5, 0.6) is 0 Å². The maximum absolute atomic E-state index is 12.9. The molecule has 15 heteroatoms. The molecule has 0 radical (unpaired) electrons. The zero-order valence-corrected chi connectivity index (χ0v) is 19.9. The van der Waals surface area contributed by atoms with Gasteiger partial charge in [-0.2, -0.15) is 13.2 Å². The van der Waals surface area contributed by atoms with Crippen molar-refractivity contribution >= 4 is 23.5 Å². The number of aliphatic hydroxyl groups is 1. The fourth-order valence-electron chi connectivity index (χ4n) is 5.58. The number of rotatable bonds is 10. The molecule has 3 aliphatic rings. The van der Waals surface area contributed by atoms with E-state index in [1.165, 1.54) is 0 Å². The van der Waals surface area contributed by atoms with Gasteiger partial charge in [0, 0.05) is 24.9 Å². The first-order valence-corrected chi connectivity index (χ1v) is 11.8. The quantitative estimate of drug-likeness (QED) is 0.354. The van der Waals surface area contributed by atoms with Crippen LogP contribution in [0.3, 0.4) is 0 Å². The SMILES string of the molecule is C[C@@H](C[C@@H](O)C(=O)N1CC2(CC1C(N)=O)CC2[C@H](C[C@H]1CCNC1=O)C(=O)COC(F)(F)F)C(F)(F)F. The van der Waals surface area contributed by atoms with Crippen molar-refractivity contribution in [1.82, 2.24) is 10.2 Å². The first-order valence-electron chi connectivity index (χ1n) is 11.8. The normalized spacial score (nSPS) is 30.2. The zero-order valence-electron chi connectivity index (χ0n) is 19.9. The minimum atomic E-state index is -5.05. The van der Waals surface area contributed by atoms with Gasteiger partial charge >= 0.3 is 12.5 Å². The number of carbonyl (C=O) groups excluding carboxylic acids is 4. The Bertz CT molecular complexity index is 928. The summed E-state index contributed by atoms with van der Waals surface area (Å²) in [4.78, 5) is 50.6. The molecule has 2 saturated heterocycles. The van der Waals surface area contributed by atoms with Crippen LogP contribution in [-0.4, -0.2) is 77.9 Å². The molecule has 0 bridgehead atoms. The summed E-state index contributed by atoms with van der Waals surface area (Å²) in [5.74, 6) is -7.61. The first-order chi connectivity index (χ1) is 16.9. The maximum Gasteiger partial charge on any atom is 0.522 e. The van der Waals surface area contributed by atoms with Crippen LogP contribution in [0.15, 0.2) is 0 Å². The van der Waals surface area contributed by atoms with E-state index in [9.17, 15) is 50.6 Å². The number of ether oxygens (including phenoxy) is 1. The molecule has 3 amide bonds. The van der Waals surface area contributed by atoms with E-state index in [-0.39, 0.29) is 31.7 Å². The highest BCUT2D eigenvalue weighted by atomic mass is 19.4. The number of nitrogens with one attached hydrogen (secondary N) is 1. The van der Waals surface area contributed by atoms with Crippen molar-refractivity contribution in [2.45, 2.75) is 63.7 Å². The van der Waals surface area contributed by atoms with E-state index < -0.39 is 84.4 Å². The molecule has 7 atom stereocenters. The van der Waals surface area contributed by atoms with Gasteiger partial charge in [-0.1, -0.05) is 6.92 Å². The summed E-state index contributed by atoms with van der Waals surface area (Å²) in [7, 11) is 0. The van der Waals surface area contributed by atoms with Crippen LogP contribution < -0.4 is 11.1 Å². The Balaban J connectivity index is 1.77. The number of hydrogen-bond acceptors (Lipinski definition) is 6. The predicted octanol–water partition coefficient (Wildman–Crippen LogP) is 1.28. The topological polar surface area (TPSA) is 139 Å². The van der Waals surface area contributed by atoms with Gasteiger partial charge in [-0.25, -0.2) is 0 Å². The number of ketones is 1. The lowest BCUT2D eigenvalue weighted by molar-refractivity contribution is -0.321. The number of amides is 3. The second-order valence-corrected chi connectivity index (χ2v) is 10.3. The molecule has 3 fully saturated rings. The lowest BCUT2D eigenvalue weighted by Gasteiger charge is -2.27. The highest BCUT2D eigenvalue weighted by molar-refractivity contribution is 5.90. The van der Waals surface area contributed by atoms with Gasteiger partial charge in [0.15, 0.2) is 5.78 Å². The standard InChI is InChI=1S/C22H29F6N3O6/c1-10(21(23,24)25)4-15(32)19(36)31-9-20(7-14(31)17(29)34)6-13(20)12(5-11-2-3-30-18(11)35)16(33)8-37-22(26,27)28/h10-15,32H,2-9H2,1H3,(H2,29,34)(H,30,35)/t10-,11+,12-,13?,14?,15+,20?/m0/s1. The van der Waals surface area contributed by atoms with E-state index >= 15 is 0 Å². The molecule has 2 heterocycles. The van der Waals surface area contributed by atoms with E-state index in [4.69, 9.17) is 5.73 Å². The monoisotopic (exact) mass is 545 g/mol. The molecule has 4 N–H and O–H groups in total. The number of halogens is 6. The summed E-state index contributed by atoms with van der Waals surface area (Å²) >= 11 is 0. The Morgan fingerprint density at radius 2 is 1.86 bits per heavy atom. The number of primary amides is 1. The summed E-state index contributed by atoms with van der Waals surface area (Å²) in [6, 6.07) is -1.27. The Kier molecular flexibility index (Phi) is 8.18. The molecule has 1 aliphatic carbocycles. The minimum absolute atomic E-state index is 0.0563. The fraction of sp³-hybridized carbons (Fsp3) is 0.818. The van der Waals surface area contributed by atoms with Crippen LogP contribution in [0.1, 0.15) is 39.0 Å². The Morgan fingerprint density at radius 3 is 2.38 bits per heavy atom. The van der Waals surface area contributed by atoms with Crippen LogP contribution in [0, 0.1) is 29.1 Å². The maximum atomic E-state index is 12.9. The summed E-state index contributed by atoms with van der Waals surface area (Å²) in [5, 5.41) is 12.8. The van der Waals surface area contributed by atoms with Crippen LogP contribution in [0.25, 0.3) is 0 Å². The molecule has 9 nitrogen and oxygen atoms in total. The molecular weight excluding hydrogens is 516 g/mol. The van der Waals surface area contributed by atoms with Gasteiger partial charge in [0.1, 0.15) is 18.8 Å². The van der Waals surface area contributed by atoms with E-state index in [2.05, 4.69) is 10.1 Å². The molecular formula is C22H29F6N3O6. The summed E-state index contributed by atoms with van der Waals surface area (Å²) < 4.78 is 80.0. The van der Waals surface area contributed by atoms with E-state index in [0.717, 1.165) is 11.8 Å². The van der Waals surface area contributed by atoms with Gasteiger partial charge in [-0.05, 0) is 43.4 Å². The lowest BCUT2D eigenvalue weighted by atomic mass is 9.83. The van der Waals surface area contributed by atoms with Crippen molar-refractivity contribution in [2.24, 2.45) is 34.8 Å². The smallest absolute Gasteiger partial charge is 0.383 e. The van der Waals surface area contributed by atoms with E-state index in [0.29, 0.717) is 13.0 Å². The van der Waals surface area contributed by atoms with Crippen molar-refractivity contribution in [1.29, 1.82) is 0 Å². The van der Waals surface area contributed by atoms with Crippen molar-refractivity contribution in [3.63, 3.8) is 0 Å². The minimum Gasteiger partial charge on any atom is -0.383 e. The average Bonchev–Trinajstić information content (AvgIpc) is 3.08. The third-order valence-corrected chi connectivity index (χ3v) is 7.73. The highest BCUT2D eigenvalue weighted by Gasteiger charge is 2.65. The molecule has 37 heavy (non-hydrogen) atoms. The van der Waals surface area contributed by atoms with Gasteiger partial charge in [-0.15, -0.1) is 13.2 Å². The number of hydrogen-bond donors (Lipinski definition) is 3. The third-order valence-electron chi connectivity index (χ3n) is 7.73. The number of likely N-dealkylation sites (tertiary alicyclic amines) is 1. The second-order valence-electron chi connectivity index (χ2n) is 10.3. The molecule has 2 aliphatic heterocycles. The van der Waals surface area contributed by atoms with Crippen molar-refractivity contribution in [2.75, 3.05) is 19.7 Å². The molecule has 0 aromatic carbocycles. The van der Waals surface area contributed by atoms with Gasteiger partial charge in [0.2, 0.25) is 11.8 Å². The average molecular weight is 545 g/mol. The first kappa shape index (κ1) is 29.1. The number of aliphatic hydroxyl groups excluding tert-OH is 1. The summed E-state index contributed by atoms with van der Waals surface area (Å²) in [6.45, 7) is -0.351. The molecule has 0 aromatic rings. The Morgan fingerprint density at radius 1 is 1.22 bits per heavy atom. The van der Waals surface area contributed by atoms with Gasteiger partial charge in [-0.3, -0.25) is 23.9 Å². The van der Waals surface area contributed by atoms with E-state index in [1.54, 1.807) is 0 Å². The summed E-state index contributed by atoms with van der Waals surface area (Å²) in [6.07, 6.45) is -12.2. The molecule has 3 rings (SSSR count). The van der Waals surface area contributed by atoms with Crippen molar-refractivity contribution in [3.05, 3.63) is 0 Å². The fourth-order valence-corrected chi connectivity index (χ4v) is 5.58. The number of Topliss-reactive ketones (excluding diaryl/α,β-unsaturated/α-hetero) is 1. The lowest BCUT2D eigenvalue weighted by Crippen LogP contribution is -2.48. The number of nitrogens with two attached hydrogens (primary N) is 1. The van der Waals surface area contributed by atoms with Crippen molar-refractivity contribution in [3.8, 4) is 0 Å². The number of nitrogens with zero attached hydrogens (tertiary/aromatic N) is 1. The van der Waals surface area contributed by atoms with Gasteiger partial charge in [0.05, 0.1) is 5.92 Å². The molecule has 0 aromatic heterocycles. The molecule has 1 saturated carbocycles. The molecule has 210 valence electrons. The van der Waals surface area contributed by atoms with Crippen molar-refractivity contribution < 1.29 is 55.4 Å². The van der Waals surface area contributed by atoms with E-state index in [1.807, 2.05) is 0 Å². The number of carbonyl (C=O) groups is 4.